The lowest BCUT2D eigenvalue weighted by Gasteiger charge is -2.34. The van der Waals surface area contributed by atoms with E-state index in [2.05, 4.69) is 91.3 Å². The van der Waals surface area contributed by atoms with E-state index in [4.69, 9.17) is 25.8 Å². The first-order chi connectivity index (χ1) is 25.2. The second-order valence-electron chi connectivity index (χ2n) is 13.6. The monoisotopic (exact) mass is 715 g/mol. The van der Waals surface area contributed by atoms with Gasteiger partial charge in [-0.2, -0.15) is 0 Å². The van der Waals surface area contributed by atoms with E-state index in [1.807, 2.05) is 42.2 Å². The summed E-state index contributed by atoms with van der Waals surface area (Å²) in [4.78, 5) is 21.8. The first-order valence-electron chi connectivity index (χ1n) is 17.8. The van der Waals surface area contributed by atoms with Crippen LogP contribution in [0.2, 0.25) is 5.02 Å². The van der Waals surface area contributed by atoms with Gasteiger partial charge in [0.25, 0.3) is 0 Å². The molecular weight excluding hydrogens is 670 g/mol. The predicted octanol–water partition coefficient (Wildman–Crippen LogP) is 9.57. The van der Waals surface area contributed by atoms with E-state index in [-0.39, 0.29) is 5.91 Å². The second kappa shape index (κ2) is 17.4. The number of piperazine rings is 1. The molecule has 1 aliphatic rings. The highest BCUT2D eigenvalue weighted by molar-refractivity contribution is 6.32. The number of halogens is 1. The van der Waals surface area contributed by atoms with Crippen LogP contribution in [0.3, 0.4) is 0 Å². The van der Waals surface area contributed by atoms with Gasteiger partial charge in [0.2, 0.25) is 11.8 Å². The van der Waals surface area contributed by atoms with Crippen LogP contribution in [0, 0.1) is 20.8 Å². The molecule has 1 saturated heterocycles. The highest BCUT2D eigenvalue weighted by Crippen LogP contribution is 2.34. The van der Waals surface area contributed by atoms with Gasteiger partial charge in [-0.05, 0) is 85.0 Å². The van der Waals surface area contributed by atoms with Crippen LogP contribution >= 0.6 is 11.6 Å². The minimum Gasteiger partial charge on any atom is -0.493 e. The molecule has 1 fully saturated rings. The molecule has 52 heavy (non-hydrogen) atoms. The predicted molar refractivity (Wildman–Crippen MR) is 208 cm³/mol. The summed E-state index contributed by atoms with van der Waals surface area (Å²) in [5, 5.41) is 0.445. The van der Waals surface area contributed by atoms with E-state index in [0.29, 0.717) is 54.6 Å². The molecular formula is C44H46ClN3O4. The normalized spacial score (nSPS) is 14.0. The maximum Gasteiger partial charge on any atom is 0.246 e. The third-order valence-corrected chi connectivity index (χ3v) is 9.55. The smallest absolute Gasteiger partial charge is 0.246 e. The SMILES string of the molecule is Cc1ccc(COc2ccc(Oc3c(C)cc(C=CC(=O)N4CCN(Cc5ccc(C(C)COc6ccc(C)cc6)cc5)CC4)cc3Cl)nc2)cc1. The van der Waals surface area contributed by atoms with Crippen molar-refractivity contribution >= 4 is 23.6 Å². The molecule has 8 heteroatoms. The quantitative estimate of drug-likeness (QED) is 0.113. The lowest BCUT2D eigenvalue weighted by atomic mass is 10.0. The molecule has 0 saturated carbocycles. The standard InChI is InChI=1S/C44H46ClN3O4/c1-31-5-9-36(10-6-31)30-51-40-18-19-42(46-27-40)52-44-33(3)25-37(26-41(44)45)13-20-43(49)48-23-21-47(22-24-48)28-35-11-14-38(15-12-35)34(4)29-50-39-16-7-32(2)8-17-39/h5-20,25-27,34H,21-24,28-30H2,1-4H3. The molecule has 0 bridgehead atoms. The molecule has 0 radical (unpaired) electrons. The number of amides is 1. The van der Waals surface area contributed by atoms with E-state index >= 15 is 0 Å². The second-order valence-corrected chi connectivity index (χ2v) is 14.0. The molecule has 1 atom stereocenters. The molecule has 2 heterocycles. The Morgan fingerprint density at radius 1 is 0.808 bits per heavy atom. The van der Waals surface area contributed by atoms with E-state index < -0.39 is 0 Å². The summed E-state index contributed by atoms with van der Waals surface area (Å²) < 4.78 is 17.9. The molecule has 6 rings (SSSR count). The summed E-state index contributed by atoms with van der Waals surface area (Å²) in [6.45, 7) is 13.2. The van der Waals surface area contributed by atoms with E-state index in [1.165, 1.54) is 22.3 Å². The van der Waals surface area contributed by atoms with Crippen LogP contribution in [-0.2, 0) is 17.9 Å². The van der Waals surface area contributed by atoms with Crippen molar-refractivity contribution in [2.45, 2.75) is 46.8 Å². The Kier molecular flexibility index (Phi) is 12.3. The summed E-state index contributed by atoms with van der Waals surface area (Å²) in [5.74, 6) is 2.78. The average Bonchev–Trinajstić information content (AvgIpc) is 3.16. The van der Waals surface area contributed by atoms with Crippen molar-refractivity contribution < 1.29 is 19.0 Å². The molecule has 1 aromatic heterocycles. The summed E-state index contributed by atoms with van der Waals surface area (Å²) in [7, 11) is 0. The minimum absolute atomic E-state index is 0.00571. The highest BCUT2D eigenvalue weighted by atomic mass is 35.5. The third kappa shape index (κ3) is 10.2. The number of hydrogen-bond donors (Lipinski definition) is 0. The van der Waals surface area contributed by atoms with Gasteiger partial charge in [-0.15, -0.1) is 0 Å². The van der Waals surface area contributed by atoms with Gasteiger partial charge in [-0.1, -0.05) is 90.3 Å². The zero-order chi connectivity index (χ0) is 36.5. The van der Waals surface area contributed by atoms with Crippen molar-refractivity contribution in [2.24, 2.45) is 0 Å². The molecule has 0 aliphatic carbocycles. The zero-order valence-corrected chi connectivity index (χ0v) is 31.1. The van der Waals surface area contributed by atoms with Crippen molar-refractivity contribution in [3.8, 4) is 23.1 Å². The number of carbonyl (C=O) groups excluding carboxylic acids is 1. The van der Waals surface area contributed by atoms with Crippen LogP contribution in [0.5, 0.6) is 23.1 Å². The van der Waals surface area contributed by atoms with Gasteiger partial charge in [-0.25, -0.2) is 4.98 Å². The molecule has 0 spiro atoms. The van der Waals surface area contributed by atoms with Gasteiger partial charge in [0.05, 0.1) is 17.8 Å². The largest absolute Gasteiger partial charge is 0.493 e. The van der Waals surface area contributed by atoms with Crippen molar-refractivity contribution in [3.05, 3.63) is 153 Å². The maximum atomic E-state index is 13.1. The highest BCUT2D eigenvalue weighted by Gasteiger charge is 2.20. The molecule has 4 aromatic carbocycles. The van der Waals surface area contributed by atoms with Crippen LogP contribution in [0.1, 0.15) is 51.8 Å². The molecule has 5 aromatic rings. The molecule has 7 nitrogen and oxygen atoms in total. The molecule has 268 valence electrons. The molecule has 0 N–H and O–H groups in total. The fourth-order valence-electron chi connectivity index (χ4n) is 6.01. The number of aryl methyl sites for hydroxylation is 3. The number of aromatic nitrogens is 1. The van der Waals surface area contributed by atoms with Crippen molar-refractivity contribution in [2.75, 3.05) is 32.8 Å². The Hall–Kier alpha value is -5.11. The maximum absolute atomic E-state index is 13.1. The number of hydrogen-bond acceptors (Lipinski definition) is 6. The number of pyridine rings is 1. The number of benzene rings is 4. The topological polar surface area (TPSA) is 64.1 Å². The summed E-state index contributed by atoms with van der Waals surface area (Å²) in [6.07, 6.45) is 5.07. The fraction of sp³-hybridized carbons (Fsp3) is 0.273. The van der Waals surface area contributed by atoms with Gasteiger partial charge >= 0.3 is 0 Å². The Balaban J connectivity index is 0.940. The van der Waals surface area contributed by atoms with Gasteiger partial charge in [0.1, 0.15) is 18.1 Å². The van der Waals surface area contributed by atoms with Gasteiger partial charge < -0.3 is 19.1 Å². The third-order valence-electron chi connectivity index (χ3n) is 9.27. The molecule has 1 unspecified atom stereocenters. The van der Waals surface area contributed by atoms with Gasteiger partial charge in [-0.3, -0.25) is 9.69 Å². The first kappa shape index (κ1) is 36.7. The zero-order valence-electron chi connectivity index (χ0n) is 30.3. The number of carbonyl (C=O) groups is 1. The Morgan fingerprint density at radius 2 is 1.46 bits per heavy atom. The minimum atomic E-state index is -0.00571. The van der Waals surface area contributed by atoms with Crippen molar-refractivity contribution in [1.29, 1.82) is 0 Å². The van der Waals surface area contributed by atoms with Crippen LogP contribution < -0.4 is 14.2 Å². The Morgan fingerprint density at radius 3 is 2.12 bits per heavy atom. The lowest BCUT2D eigenvalue weighted by molar-refractivity contribution is -0.127. The van der Waals surface area contributed by atoms with Crippen LogP contribution in [-0.4, -0.2) is 53.5 Å². The van der Waals surface area contributed by atoms with E-state index in [9.17, 15) is 4.79 Å². The molecule has 1 aliphatic heterocycles. The van der Waals surface area contributed by atoms with Crippen LogP contribution in [0.15, 0.2) is 109 Å². The average molecular weight is 716 g/mol. The summed E-state index contributed by atoms with van der Waals surface area (Å²) >= 11 is 6.64. The van der Waals surface area contributed by atoms with Crippen LogP contribution in [0.4, 0.5) is 0 Å². The first-order valence-corrected chi connectivity index (χ1v) is 18.2. The van der Waals surface area contributed by atoms with Crippen molar-refractivity contribution in [1.82, 2.24) is 14.8 Å². The van der Waals surface area contributed by atoms with E-state index in [0.717, 1.165) is 42.1 Å². The number of nitrogens with zero attached hydrogens (tertiary/aromatic N) is 3. The van der Waals surface area contributed by atoms with Crippen LogP contribution in [0.25, 0.3) is 6.08 Å². The van der Waals surface area contributed by atoms with Crippen molar-refractivity contribution in [3.63, 3.8) is 0 Å². The van der Waals surface area contributed by atoms with Gasteiger partial charge in [0.15, 0.2) is 5.75 Å². The summed E-state index contributed by atoms with van der Waals surface area (Å²) in [6, 6.07) is 32.6. The Bertz CT molecular complexity index is 1930. The van der Waals surface area contributed by atoms with E-state index in [1.54, 1.807) is 24.4 Å². The number of ether oxygens (including phenoxy) is 3. The summed E-state index contributed by atoms with van der Waals surface area (Å²) in [5.41, 5.74) is 7.73. The number of rotatable bonds is 13. The Labute approximate surface area is 312 Å². The molecule has 1 amide bonds. The fourth-order valence-corrected chi connectivity index (χ4v) is 6.33. The van der Waals surface area contributed by atoms with Gasteiger partial charge in [0, 0.05) is 50.8 Å². The lowest BCUT2D eigenvalue weighted by Crippen LogP contribution is -2.47.